The second-order valence-electron chi connectivity index (χ2n) is 2.66. The van der Waals surface area contributed by atoms with Crippen LogP contribution >= 0.6 is 0 Å². The number of nitrogens with zero attached hydrogens (tertiary/aromatic N) is 1. The zero-order valence-corrected chi connectivity index (χ0v) is 7.27. The Morgan fingerprint density at radius 1 is 1.45 bits per heavy atom. The lowest BCUT2D eigenvalue weighted by Crippen LogP contribution is -2.10. The molecular weight excluding hydrogens is 140 g/mol. The van der Waals surface area contributed by atoms with E-state index in [1.54, 1.807) is 0 Å². The van der Waals surface area contributed by atoms with Crippen LogP contribution in [0.25, 0.3) is 0 Å². The van der Waals surface area contributed by atoms with Gasteiger partial charge in [-0.15, -0.1) is 0 Å². The van der Waals surface area contributed by atoms with Gasteiger partial charge in [0.05, 0.1) is 5.69 Å². The van der Waals surface area contributed by atoms with Crippen LogP contribution in [0.3, 0.4) is 0 Å². The Bertz CT molecular complexity index is 210. The van der Waals surface area contributed by atoms with E-state index in [2.05, 4.69) is 10.5 Å². The Morgan fingerprint density at radius 3 is 2.64 bits per heavy atom. The number of aromatic nitrogens is 1. The number of hydrogen-bond donors (Lipinski definition) is 1. The molecule has 62 valence electrons. The maximum Gasteiger partial charge on any atom is 0.137 e. The van der Waals surface area contributed by atoms with Crippen molar-refractivity contribution in [2.45, 2.75) is 20.3 Å². The summed E-state index contributed by atoms with van der Waals surface area (Å²) in [6, 6.07) is 0. The zero-order valence-electron chi connectivity index (χ0n) is 7.27. The quantitative estimate of drug-likeness (QED) is 0.707. The van der Waals surface area contributed by atoms with Crippen molar-refractivity contribution in [3.05, 3.63) is 17.0 Å². The standard InChI is InChI=1S/C8H14N2O/c1-6-8(4-5-9-3)7(2)11-10-6/h9H,4-5H2,1-3H3. The molecular formula is C8H14N2O. The van der Waals surface area contributed by atoms with Crippen molar-refractivity contribution in [3.8, 4) is 0 Å². The van der Waals surface area contributed by atoms with Crippen LogP contribution in [0.4, 0.5) is 0 Å². The zero-order chi connectivity index (χ0) is 8.27. The van der Waals surface area contributed by atoms with Crippen LogP contribution < -0.4 is 5.32 Å². The normalized spacial score (nSPS) is 10.5. The maximum atomic E-state index is 5.01. The molecule has 0 fully saturated rings. The number of likely N-dealkylation sites (N-methyl/N-ethyl adjacent to an activating group) is 1. The Kier molecular flexibility index (Phi) is 2.65. The lowest BCUT2D eigenvalue weighted by atomic mass is 10.1. The van der Waals surface area contributed by atoms with Gasteiger partial charge in [-0.05, 0) is 33.9 Å². The molecule has 0 saturated carbocycles. The first kappa shape index (κ1) is 8.27. The van der Waals surface area contributed by atoms with E-state index < -0.39 is 0 Å². The third kappa shape index (κ3) is 1.80. The molecule has 0 saturated heterocycles. The molecule has 11 heavy (non-hydrogen) atoms. The minimum atomic E-state index is 0.942. The highest BCUT2D eigenvalue weighted by molar-refractivity contribution is 5.20. The molecule has 0 aliphatic heterocycles. The SMILES string of the molecule is CNCCc1c(C)noc1C. The average molecular weight is 154 g/mol. The van der Waals surface area contributed by atoms with Gasteiger partial charge < -0.3 is 9.84 Å². The van der Waals surface area contributed by atoms with Crippen molar-refractivity contribution in [2.75, 3.05) is 13.6 Å². The third-order valence-electron chi connectivity index (χ3n) is 1.81. The van der Waals surface area contributed by atoms with Crippen molar-refractivity contribution in [1.29, 1.82) is 0 Å². The van der Waals surface area contributed by atoms with Gasteiger partial charge in [0, 0.05) is 5.56 Å². The Labute approximate surface area is 66.8 Å². The lowest BCUT2D eigenvalue weighted by molar-refractivity contribution is 0.392. The molecule has 3 heteroatoms. The van der Waals surface area contributed by atoms with Gasteiger partial charge in [-0.3, -0.25) is 0 Å². The molecule has 0 amide bonds. The van der Waals surface area contributed by atoms with Crippen molar-refractivity contribution < 1.29 is 4.52 Å². The summed E-state index contributed by atoms with van der Waals surface area (Å²) in [5.41, 5.74) is 2.25. The molecule has 0 aliphatic carbocycles. The third-order valence-corrected chi connectivity index (χ3v) is 1.81. The van der Waals surface area contributed by atoms with Crippen LogP contribution in [0, 0.1) is 13.8 Å². The summed E-state index contributed by atoms with van der Waals surface area (Å²) < 4.78 is 5.01. The van der Waals surface area contributed by atoms with Gasteiger partial charge in [0.25, 0.3) is 0 Å². The van der Waals surface area contributed by atoms with E-state index in [0.717, 1.165) is 24.4 Å². The maximum absolute atomic E-state index is 5.01. The van der Waals surface area contributed by atoms with Gasteiger partial charge >= 0.3 is 0 Å². The van der Waals surface area contributed by atoms with Crippen molar-refractivity contribution in [3.63, 3.8) is 0 Å². The predicted octanol–water partition coefficient (Wildman–Crippen LogP) is 1.05. The topological polar surface area (TPSA) is 38.1 Å². The monoisotopic (exact) mass is 154 g/mol. The lowest BCUT2D eigenvalue weighted by Gasteiger charge is -1.97. The Balaban J connectivity index is 2.67. The molecule has 0 aromatic carbocycles. The second-order valence-corrected chi connectivity index (χ2v) is 2.66. The molecule has 0 aliphatic rings. The summed E-state index contributed by atoms with van der Waals surface area (Å²) in [7, 11) is 1.94. The highest BCUT2D eigenvalue weighted by Gasteiger charge is 2.06. The van der Waals surface area contributed by atoms with Gasteiger partial charge in [0.15, 0.2) is 0 Å². The first-order valence-corrected chi connectivity index (χ1v) is 3.82. The van der Waals surface area contributed by atoms with Crippen molar-refractivity contribution in [1.82, 2.24) is 10.5 Å². The molecule has 3 nitrogen and oxygen atoms in total. The van der Waals surface area contributed by atoms with Crippen LogP contribution in [-0.4, -0.2) is 18.7 Å². The van der Waals surface area contributed by atoms with Gasteiger partial charge in [-0.1, -0.05) is 5.16 Å². The molecule has 0 bridgehead atoms. The van der Waals surface area contributed by atoms with Crippen LogP contribution in [-0.2, 0) is 6.42 Å². The minimum absolute atomic E-state index is 0.942. The molecule has 1 aromatic rings. The highest BCUT2D eigenvalue weighted by Crippen LogP contribution is 2.11. The van der Waals surface area contributed by atoms with Gasteiger partial charge in [-0.2, -0.15) is 0 Å². The number of rotatable bonds is 3. The molecule has 1 rings (SSSR count). The van der Waals surface area contributed by atoms with E-state index in [1.165, 1.54) is 5.56 Å². The van der Waals surface area contributed by atoms with E-state index in [0.29, 0.717) is 0 Å². The fourth-order valence-corrected chi connectivity index (χ4v) is 1.11. The minimum Gasteiger partial charge on any atom is -0.361 e. The molecule has 0 spiro atoms. The smallest absolute Gasteiger partial charge is 0.137 e. The summed E-state index contributed by atoms with van der Waals surface area (Å²) >= 11 is 0. The van der Waals surface area contributed by atoms with E-state index >= 15 is 0 Å². The van der Waals surface area contributed by atoms with Crippen LogP contribution in [0.15, 0.2) is 4.52 Å². The summed E-state index contributed by atoms with van der Waals surface area (Å²) in [6.45, 7) is 4.90. The average Bonchev–Trinajstić information content (AvgIpc) is 2.29. The first-order valence-electron chi connectivity index (χ1n) is 3.82. The summed E-state index contributed by atoms with van der Waals surface area (Å²) in [5, 5.41) is 6.96. The number of nitrogens with one attached hydrogen (secondary N) is 1. The van der Waals surface area contributed by atoms with E-state index in [1.807, 2.05) is 20.9 Å². The first-order chi connectivity index (χ1) is 5.25. The van der Waals surface area contributed by atoms with E-state index in [4.69, 9.17) is 4.52 Å². The second kappa shape index (κ2) is 3.53. The van der Waals surface area contributed by atoms with Gasteiger partial charge in [-0.25, -0.2) is 0 Å². The Morgan fingerprint density at radius 2 is 2.18 bits per heavy atom. The fourth-order valence-electron chi connectivity index (χ4n) is 1.11. The molecule has 1 heterocycles. The molecule has 1 N–H and O–H groups in total. The molecule has 0 atom stereocenters. The Hall–Kier alpha value is -0.830. The largest absolute Gasteiger partial charge is 0.361 e. The van der Waals surface area contributed by atoms with Crippen molar-refractivity contribution in [2.24, 2.45) is 0 Å². The van der Waals surface area contributed by atoms with E-state index in [9.17, 15) is 0 Å². The fraction of sp³-hybridized carbons (Fsp3) is 0.625. The predicted molar refractivity (Wildman–Crippen MR) is 43.6 cm³/mol. The van der Waals surface area contributed by atoms with Crippen LogP contribution in [0.1, 0.15) is 17.0 Å². The van der Waals surface area contributed by atoms with Gasteiger partial charge in [0.2, 0.25) is 0 Å². The van der Waals surface area contributed by atoms with E-state index in [-0.39, 0.29) is 0 Å². The van der Waals surface area contributed by atoms with Crippen LogP contribution in [0.5, 0.6) is 0 Å². The van der Waals surface area contributed by atoms with Crippen LogP contribution in [0.2, 0.25) is 0 Å². The van der Waals surface area contributed by atoms with Crippen molar-refractivity contribution >= 4 is 0 Å². The highest BCUT2D eigenvalue weighted by atomic mass is 16.5. The number of aryl methyl sites for hydroxylation is 2. The molecule has 0 unspecified atom stereocenters. The van der Waals surface area contributed by atoms with Gasteiger partial charge in [0.1, 0.15) is 5.76 Å². The molecule has 1 aromatic heterocycles. The molecule has 0 radical (unpaired) electrons. The summed E-state index contributed by atoms with van der Waals surface area (Å²) in [4.78, 5) is 0. The number of hydrogen-bond acceptors (Lipinski definition) is 3. The summed E-state index contributed by atoms with van der Waals surface area (Å²) in [5.74, 6) is 0.942. The summed E-state index contributed by atoms with van der Waals surface area (Å²) in [6.07, 6.45) is 0.998.